The summed E-state index contributed by atoms with van der Waals surface area (Å²) in [6.45, 7) is 0. The van der Waals surface area contributed by atoms with E-state index in [0.29, 0.717) is 29.5 Å². The first-order chi connectivity index (χ1) is 7.84. The van der Waals surface area contributed by atoms with E-state index in [1.165, 1.54) is 12.8 Å². The van der Waals surface area contributed by atoms with Crippen molar-refractivity contribution in [1.82, 2.24) is 0 Å². The van der Waals surface area contributed by atoms with E-state index in [1.807, 2.05) is 0 Å². The normalized spacial score (nSPS) is 63.4. The summed E-state index contributed by atoms with van der Waals surface area (Å²) in [7, 11) is 0. The van der Waals surface area contributed by atoms with Gasteiger partial charge in [-0.3, -0.25) is 4.79 Å². The maximum Gasteiger partial charge on any atom is 0.140 e. The highest BCUT2D eigenvalue weighted by atomic mass is 16.1. The van der Waals surface area contributed by atoms with Crippen LogP contribution in [0.25, 0.3) is 0 Å². The fourth-order valence-electron chi connectivity index (χ4n) is 5.79. The summed E-state index contributed by atoms with van der Waals surface area (Å²) in [6.07, 6.45) is 12.1. The van der Waals surface area contributed by atoms with E-state index in [1.54, 1.807) is 0 Å². The molecule has 1 heteroatoms. The molecule has 4 bridgehead atoms. The average molecular weight is 212 g/mol. The van der Waals surface area contributed by atoms with Gasteiger partial charge in [0.25, 0.3) is 0 Å². The largest absolute Gasteiger partial charge is 0.299 e. The quantitative estimate of drug-likeness (QED) is 0.564. The van der Waals surface area contributed by atoms with Crippen molar-refractivity contribution in [1.29, 1.82) is 0 Å². The standard InChI is InChI=1S/C15H16O/c16-15-13-9-3-1-7(5-9)11(13)12-8-2-4-10(6-8)14(12)15/h1-4,7-14H,5-6H2/t7-,8-,9+,10+,11+,12+,13+,14+/m0/s1. The Morgan fingerprint density at radius 3 is 1.69 bits per heavy atom. The Labute approximate surface area is 95.6 Å². The topological polar surface area (TPSA) is 17.1 Å². The van der Waals surface area contributed by atoms with Gasteiger partial charge in [0.1, 0.15) is 5.78 Å². The van der Waals surface area contributed by atoms with Gasteiger partial charge in [-0.1, -0.05) is 24.3 Å². The fourth-order valence-corrected chi connectivity index (χ4v) is 5.79. The minimum absolute atomic E-state index is 0.426. The molecule has 1 nitrogen and oxygen atoms in total. The van der Waals surface area contributed by atoms with Crippen LogP contribution >= 0.6 is 0 Å². The van der Waals surface area contributed by atoms with Crippen molar-refractivity contribution in [3.05, 3.63) is 24.3 Å². The van der Waals surface area contributed by atoms with Crippen molar-refractivity contribution in [2.24, 2.45) is 47.3 Å². The molecule has 5 rings (SSSR count). The van der Waals surface area contributed by atoms with Crippen molar-refractivity contribution < 1.29 is 4.79 Å². The molecule has 82 valence electrons. The Morgan fingerprint density at radius 1 is 0.750 bits per heavy atom. The second-order valence-corrected chi connectivity index (χ2v) is 6.51. The van der Waals surface area contributed by atoms with Crippen LogP contribution in [0.5, 0.6) is 0 Å². The summed E-state index contributed by atoms with van der Waals surface area (Å²) >= 11 is 0. The Hall–Kier alpha value is -0.850. The fraction of sp³-hybridized carbons (Fsp3) is 0.667. The highest BCUT2D eigenvalue weighted by molar-refractivity contribution is 5.89. The Kier molecular flexibility index (Phi) is 1.22. The molecule has 0 N–H and O–H groups in total. The second-order valence-electron chi connectivity index (χ2n) is 6.51. The molecule has 0 saturated heterocycles. The molecule has 16 heavy (non-hydrogen) atoms. The molecule has 0 radical (unpaired) electrons. The van der Waals surface area contributed by atoms with Gasteiger partial charge in [-0.05, 0) is 48.3 Å². The minimum Gasteiger partial charge on any atom is -0.299 e. The third-order valence-electron chi connectivity index (χ3n) is 6.14. The number of allylic oxidation sites excluding steroid dienone is 4. The monoisotopic (exact) mass is 212 g/mol. The number of hydrogen-bond acceptors (Lipinski definition) is 1. The molecule has 0 amide bonds. The van der Waals surface area contributed by atoms with Crippen LogP contribution in [0.1, 0.15) is 12.8 Å². The molecular formula is C15H16O. The Balaban J connectivity index is 1.67. The van der Waals surface area contributed by atoms with Crippen LogP contribution < -0.4 is 0 Å². The number of Topliss-reactive ketones (excluding diaryl/α,β-unsaturated/α-hetero) is 1. The molecule has 5 aliphatic rings. The molecule has 0 aromatic carbocycles. The van der Waals surface area contributed by atoms with Crippen LogP contribution in [0, 0.1) is 47.3 Å². The predicted molar refractivity (Wildman–Crippen MR) is 60.4 cm³/mol. The highest BCUT2D eigenvalue weighted by Crippen LogP contribution is 2.66. The summed E-state index contributed by atoms with van der Waals surface area (Å²) in [5, 5.41) is 0. The summed E-state index contributed by atoms with van der Waals surface area (Å²) in [6, 6.07) is 0. The van der Waals surface area contributed by atoms with Gasteiger partial charge in [0.2, 0.25) is 0 Å². The van der Waals surface area contributed by atoms with Crippen molar-refractivity contribution >= 4 is 5.78 Å². The average Bonchev–Trinajstić information content (AvgIpc) is 2.98. The SMILES string of the molecule is O=C1[C@H]2[C@@H]([C@@H]3[C@H]1[C@@H]1C=C[C@H]3C1)[C@H]1C=C[C@@H]2C1. The molecule has 3 saturated carbocycles. The van der Waals surface area contributed by atoms with Gasteiger partial charge in [0.05, 0.1) is 0 Å². The first kappa shape index (κ1) is 8.27. The molecule has 8 atom stereocenters. The molecular weight excluding hydrogens is 196 g/mol. The number of rotatable bonds is 0. The third-order valence-corrected chi connectivity index (χ3v) is 6.14. The zero-order chi connectivity index (χ0) is 10.4. The van der Waals surface area contributed by atoms with E-state index in [-0.39, 0.29) is 0 Å². The summed E-state index contributed by atoms with van der Waals surface area (Å²) < 4.78 is 0. The first-order valence-corrected chi connectivity index (χ1v) is 6.75. The molecule has 3 fully saturated rings. The van der Waals surface area contributed by atoms with Gasteiger partial charge >= 0.3 is 0 Å². The number of fused-ring (bicyclic) bond motifs is 11. The first-order valence-electron chi connectivity index (χ1n) is 6.75. The summed E-state index contributed by atoms with van der Waals surface area (Å²) in [5.74, 6) is 5.69. The Bertz CT molecular complexity index is 406. The van der Waals surface area contributed by atoms with E-state index >= 15 is 0 Å². The zero-order valence-electron chi connectivity index (χ0n) is 9.25. The second kappa shape index (κ2) is 2.37. The highest BCUT2D eigenvalue weighted by Gasteiger charge is 2.65. The number of carbonyl (C=O) groups excluding carboxylic acids is 1. The Morgan fingerprint density at radius 2 is 1.19 bits per heavy atom. The van der Waals surface area contributed by atoms with Gasteiger partial charge in [0.15, 0.2) is 0 Å². The maximum atomic E-state index is 12.6. The molecule has 0 aliphatic heterocycles. The lowest BCUT2D eigenvalue weighted by Crippen LogP contribution is -2.24. The lowest BCUT2D eigenvalue weighted by molar-refractivity contribution is -0.125. The molecule has 0 unspecified atom stereocenters. The van der Waals surface area contributed by atoms with Crippen LogP contribution in [-0.4, -0.2) is 5.78 Å². The van der Waals surface area contributed by atoms with Gasteiger partial charge in [-0.2, -0.15) is 0 Å². The lowest BCUT2D eigenvalue weighted by Gasteiger charge is -2.28. The van der Waals surface area contributed by atoms with E-state index in [0.717, 1.165) is 23.7 Å². The molecule has 0 heterocycles. The van der Waals surface area contributed by atoms with Crippen LogP contribution in [-0.2, 0) is 4.79 Å². The number of ketones is 1. The smallest absolute Gasteiger partial charge is 0.140 e. The van der Waals surface area contributed by atoms with Crippen LogP contribution in [0.15, 0.2) is 24.3 Å². The van der Waals surface area contributed by atoms with Gasteiger partial charge < -0.3 is 0 Å². The van der Waals surface area contributed by atoms with E-state index < -0.39 is 0 Å². The van der Waals surface area contributed by atoms with Crippen molar-refractivity contribution in [2.75, 3.05) is 0 Å². The van der Waals surface area contributed by atoms with Crippen molar-refractivity contribution in [3.63, 3.8) is 0 Å². The molecule has 0 aromatic rings. The van der Waals surface area contributed by atoms with Crippen molar-refractivity contribution in [3.8, 4) is 0 Å². The van der Waals surface area contributed by atoms with Crippen LogP contribution in [0.2, 0.25) is 0 Å². The predicted octanol–water partition coefficient (Wildman–Crippen LogP) is 2.45. The molecule has 0 aromatic heterocycles. The molecule has 0 spiro atoms. The van der Waals surface area contributed by atoms with Gasteiger partial charge in [-0.25, -0.2) is 0 Å². The van der Waals surface area contributed by atoms with Gasteiger partial charge in [-0.15, -0.1) is 0 Å². The van der Waals surface area contributed by atoms with E-state index in [4.69, 9.17) is 0 Å². The summed E-state index contributed by atoms with van der Waals surface area (Å²) in [5.41, 5.74) is 0. The van der Waals surface area contributed by atoms with Crippen molar-refractivity contribution in [2.45, 2.75) is 12.8 Å². The van der Waals surface area contributed by atoms with Gasteiger partial charge in [0, 0.05) is 11.8 Å². The molecule has 5 aliphatic carbocycles. The zero-order valence-corrected chi connectivity index (χ0v) is 9.25. The summed E-state index contributed by atoms with van der Waals surface area (Å²) in [4.78, 5) is 12.6. The number of hydrogen-bond donors (Lipinski definition) is 0. The minimum atomic E-state index is 0.426. The maximum absolute atomic E-state index is 12.6. The van der Waals surface area contributed by atoms with Crippen LogP contribution in [0.4, 0.5) is 0 Å². The third kappa shape index (κ3) is 0.687. The van der Waals surface area contributed by atoms with Crippen LogP contribution in [0.3, 0.4) is 0 Å². The van der Waals surface area contributed by atoms with E-state index in [9.17, 15) is 4.79 Å². The number of carbonyl (C=O) groups is 1. The lowest BCUT2D eigenvalue weighted by atomic mass is 9.75. The van der Waals surface area contributed by atoms with E-state index in [2.05, 4.69) is 24.3 Å².